The smallest absolute Gasteiger partial charge is 0.0894 e. The average Bonchev–Trinajstić information content (AvgIpc) is 2.51. The van der Waals surface area contributed by atoms with E-state index >= 15 is 0 Å². The Bertz CT molecular complexity index is 143. The maximum atomic E-state index is 9.24. The van der Waals surface area contributed by atoms with Crippen molar-refractivity contribution in [2.75, 3.05) is 19.7 Å². The van der Waals surface area contributed by atoms with E-state index in [0.717, 1.165) is 25.8 Å². The Morgan fingerprint density at radius 3 is 2.69 bits per heavy atom. The molecule has 1 rings (SSSR count). The fourth-order valence-corrected chi connectivity index (χ4v) is 1.75. The lowest BCUT2D eigenvalue weighted by molar-refractivity contribution is 0.0934. The summed E-state index contributed by atoms with van der Waals surface area (Å²) in [5, 5.41) is 29.9. The molecule has 4 N–H and O–H groups in total. The Balaban J connectivity index is 2.00. The molecule has 4 nitrogen and oxygen atoms in total. The zero-order valence-electron chi connectivity index (χ0n) is 7.82. The molecular formula is C9H19NO3. The first-order valence-corrected chi connectivity index (χ1v) is 4.90. The quantitative estimate of drug-likeness (QED) is 0.452. The minimum absolute atomic E-state index is 0.130. The number of hydrogen-bond donors (Lipinski definition) is 4. The van der Waals surface area contributed by atoms with Gasteiger partial charge in [-0.2, -0.15) is 0 Å². The van der Waals surface area contributed by atoms with Gasteiger partial charge in [0.1, 0.15) is 0 Å². The van der Waals surface area contributed by atoms with Crippen molar-refractivity contribution in [3.63, 3.8) is 0 Å². The minimum Gasteiger partial charge on any atom is -0.394 e. The highest BCUT2D eigenvalue weighted by Crippen LogP contribution is 2.24. The van der Waals surface area contributed by atoms with E-state index in [1.165, 1.54) is 0 Å². The largest absolute Gasteiger partial charge is 0.394 e. The third-order valence-corrected chi connectivity index (χ3v) is 2.54. The summed E-state index contributed by atoms with van der Waals surface area (Å²) in [5.74, 6) is 0.529. The summed E-state index contributed by atoms with van der Waals surface area (Å²) < 4.78 is 0. The molecule has 0 heterocycles. The molecule has 0 aromatic carbocycles. The van der Waals surface area contributed by atoms with Crippen molar-refractivity contribution < 1.29 is 15.3 Å². The molecule has 0 radical (unpaired) electrons. The zero-order valence-corrected chi connectivity index (χ0v) is 7.82. The number of rotatable bonds is 5. The Kier molecular flexibility index (Phi) is 4.66. The molecular weight excluding hydrogens is 170 g/mol. The fraction of sp³-hybridized carbons (Fsp3) is 1.00. The van der Waals surface area contributed by atoms with Gasteiger partial charge in [-0.05, 0) is 31.7 Å². The molecule has 0 spiro atoms. The van der Waals surface area contributed by atoms with E-state index in [9.17, 15) is 5.11 Å². The molecule has 2 unspecified atom stereocenters. The van der Waals surface area contributed by atoms with Crippen molar-refractivity contribution in [3.8, 4) is 0 Å². The zero-order chi connectivity index (χ0) is 9.68. The van der Waals surface area contributed by atoms with Crippen molar-refractivity contribution in [1.29, 1.82) is 0 Å². The molecule has 0 amide bonds. The third kappa shape index (κ3) is 4.04. The Morgan fingerprint density at radius 2 is 2.15 bits per heavy atom. The molecule has 1 aliphatic carbocycles. The van der Waals surface area contributed by atoms with Crippen LogP contribution in [0.5, 0.6) is 0 Å². The maximum Gasteiger partial charge on any atom is 0.0894 e. The van der Waals surface area contributed by atoms with Crippen LogP contribution in [0.4, 0.5) is 0 Å². The summed E-state index contributed by atoms with van der Waals surface area (Å²) in [5.41, 5.74) is 0. The molecule has 0 aromatic heterocycles. The predicted octanol–water partition coefficient (Wildman–Crippen LogP) is -0.910. The second-order valence-electron chi connectivity index (χ2n) is 3.83. The summed E-state index contributed by atoms with van der Waals surface area (Å²) in [6.07, 6.45) is 2.03. The lowest BCUT2D eigenvalue weighted by Crippen LogP contribution is -2.32. The first-order chi connectivity index (χ1) is 6.22. The maximum absolute atomic E-state index is 9.24. The summed E-state index contributed by atoms with van der Waals surface area (Å²) in [6.45, 7) is 1.07. The van der Waals surface area contributed by atoms with Crippen LogP contribution in [0.3, 0.4) is 0 Å². The summed E-state index contributed by atoms with van der Waals surface area (Å²) in [4.78, 5) is 0. The highest BCUT2D eigenvalue weighted by Gasteiger charge is 2.22. The number of aliphatic hydroxyl groups excluding tert-OH is 3. The van der Waals surface area contributed by atoms with Crippen LogP contribution in [-0.2, 0) is 0 Å². The van der Waals surface area contributed by atoms with Gasteiger partial charge in [0.05, 0.1) is 18.8 Å². The van der Waals surface area contributed by atoms with E-state index in [2.05, 4.69) is 5.32 Å². The molecule has 13 heavy (non-hydrogen) atoms. The lowest BCUT2D eigenvalue weighted by atomic mass is 10.1. The lowest BCUT2D eigenvalue weighted by Gasteiger charge is -2.12. The van der Waals surface area contributed by atoms with E-state index < -0.39 is 6.10 Å². The minimum atomic E-state index is -0.661. The number of aliphatic hydroxyl groups is 3. The van der Waals surface area contributed by atoms with Crippen molar-refractivity contribution in [2.24, 2.45) is 5.92 Å². The van der Waals surface area contributed by atoms with Crippen molar-refractivity contribution in [2.45, 2.75) is 31.5 Å². The highest BCUT2D eigenvalue weighted by molar-refractivity contribution is 4.76. The summed E-state index contributed by atoms with van der Waals surface area (Å²) in [6, 6.07) is 0. The summed E-state index contributed by atoms with van der Waals surface area (Å²) >= 11 is 0. The molecule has 1 aliphatic rings. The molecule has 0 aliphatic heterocycles. The predicted molar refractivity (Wildman–Crippen MR) is 49.3 cm³/mol. The van der Waals surface area contributed by atoms with E-state index in [4.69, 9.17) is 10.2 Å². The van der Waals surface area contributed by atoms with Crippen LogP contribution in [0.15, 0.2) is 0 Å². The van der Waals surface area contributed by atoms with E-state index in [1.807, 2.05) is 0 Å². The van der Waals surface area contributed by atoms with Gasteiger partial charge < -0.3 is 20.6 Å². The van der Waals surface area contributed by atoms with Crippen molar-refractivity contribution in [1.82, 2.24) is 5.32 Å². The van der Waals surface area contributed by atoms with Gasteiger partial charge in [0.15, 0.2) is 0 Å². The Morgan fingerprint density at radius 1 is 1.38 bits per heavy atom. The molecule has 0 bridgehead atoms. The van der Waals surface area contributed by atoms with Crippen LogP contribution in [0, 0.1) is 5.92 Å². The van der Waals surface area contributed by atoms with Crippen LogP contribution >= 0.6 is 0 Å². The topological polar surface area (TPSA) is 72.7 Å². The van der Waals surface area contributed by atoms with Crippen LogP contribution in [-0.4, -0.2) is 47.2 Å². The SMILES string of the molecule is OC[C@@H](O)CNCC1CCC(O)C1. The molecule has 78 valence electrons. The van der Waals surface area contributed by atoms with Gasteiger partial charge in [0.25, 0.3) is 0 Å². The normalized spacial score (nSPS) is 30.7. The standard InChI is InChI=1S/C9H19NO3/c11-6-9(13)5-10-4-7-1-2-8(12)3-7/h7-13H,1-6H2/t7?,8?,9-/m0/s1. The first-order valence-electron chi connectivity index (χ1n) is 4.90. The molecule has 1 fully saturated rings. The molecule has 4 heteroatoms. The molecule has 0 aromatic rings. The fourth-order valence-electron chi connectivity index (χ4n) is 1.75. The van der Waals surface area contributed by atoms with Gasteiger partial charge in [-0.3, -0.25) is 0 Å². The summed E-state index contributed by atoms with van der Waals surface area (Å²) in [7, 11) is 0. The van der Waals surface area contributed by atoms with Crippen LogP contribution in [0.25, 0.3) is 0 Å². The monoisotopic (exact) mass is 189 g/mol. The van der Waals surface area contributed by atoms with Crippen LogP contribution in [0.1, 0.15) is 19.3 Å². The molecule has 0 saturated heterocycles. The van der Waals surface area contributed by atoms with Crippen molar-refractivity contribution >= 4 is 0 Å². The Labute approximate surface area is 78.6 Å². The Hall–Kier alpha value is -0.160. The van der Waals surface area contributed by atoms with Gasteiger partial charge >= 0.3 is 0 Å². The van der Waals surface area contributed by atoms with Gasteiger partial charge in [0, 0.05) is 6.54 Å². The molecule has 3 atom stereocenters. The van der Waals surface area contributed by atoms with Crippen molar-refractivity contribution in [3.05, 3.63) is 0 Å². The van der Waals surface area contributed by atoms with Crippen LogP contribution in [0.2, 0.25) is 0 Å². The van der Waals surface area contributed by atoms with Crippen LogP contribution < -0.4 is 5.32 Å². The van der Waals surface area contributed by atoms with Gasteiger partial charge in [-0.1, -0.05) is 0 Å². The second-order valence-corrected chi connectivity index (χ2v) is 3.83. The van der Waals surface area contributed by atoms with E-state index in [0.29, 0.717) is 12.5 Å². The van der Waals surface area contributed by atoms with Gasteiger partial charge in [0.2, 0.25) is 0 Å². The second kappa shape index (κ2) is 5.54. The van der Waals surface area contributed by atoms with Gasteiger partial charge in [-0.15, -0.1) is 0 Å². The third-order valence-electron chi connectivity index (χ3n) is 2.54. The van der Waals surface area contributed by atoms with E-state index in [-0.39, 0.29) is 12.7 Å². The first kappa shape index (κ1) is 10.9. The van der Waals surface area contributed by atoms with E-state index in [1.54, 1.807) is 0 Å². The number of hydrogen-bond acceptors (Lipinski definition) is 4. The van der Waals surface area contributed by atoms with Gasteiger partial charge in [-0.25, -0.2) is 0 Å². The highest BCUT2D eigenvalue weighted by atomic mass is 16.3. The number of nitrogens with one attached hydrogen (secondary N) is 1. The average molecular weight is 189 g/mol. The molecule has 1 saturated carbocycles.